The molecule has 2 heteroatoms. The normalized spacial score (nSPS) is 27.3. The van der Waals surface area contributed by atoms with E-state index in [0.717, 1.165) is 12.8 Å². The second kappa shape index (κ2) is 3.58. The molecule has 1 rings (SSSR count). The molecule has 0 radical (unpaired) electrons. The molecular formula is C10H18O2. The van der Waals surface area contributed by atoms with Gasteiger partial charge in [0.25, 0.3) is 0 Å². The molecule has 1 fully saturated rings. The van der Waals surface area contributed by atoms with E-state index in [2.05, 4.69) is 13.8 Å². The SMILES string of the molecule is C/C(=C/CO)CC[C@H]1OC1(C)C. The van der Waals surface area contributed by atoms with Gasteiger partial charge in [-0.1, -0.05) is 11.6 Å². The van der Waals surface area contributed by atoms with Crippen LogP contribution < -0.4 is 0 Å². The first kappa shape index (κ1) is 9.75. The highest BCUT2D eigenvalue weighted by molar-refractivity contribution is 5.02. The number of hydrogen-bond donors (Lipinski definition) is 1. The topological polar surface area (TPSA) is 32.8 Å². The Balaban J connectivity index is 2.15. The van der Waals surface area contributed by atoms with Crippen molar-refractivity contribution >= 4 is 0 Å². The van der Waals surface area contributed by atoms with Crippen LogP contribution >= 0.6 is 0 Å². The lowest BCUT2D eigenvalue weighted by Crippen LogP contribution is -2.02. The number of epoxide rings is 1. The molecule has 0 bridgehead atoms. The highest BCUT2D eigenvalue weighted by atomic mass is 16.6. The first-order valence-corrected chi connectivity index (χ1v) is 4.50. The average Bonchev–Trinajstić information content (AvgIpc) is 2.56. The van der Waals surface area contributed by atoms with Gasteiger partial charge in [-0.2, -0.15) is 0 Å². The summed E-state index contributed by atoms with van der Waals surface area (Å²) in [5.74, 6) is 0. The van der Waals surface area contributed by atoms with Crippen LogP contribution in [0.4, 0.5) is 0 Å². The highest BCUT2D eigenvalue weighted by Gasteiger charge is 2.46. The van der Waals surface area contributed by atoms with Crippen molar-refractivity contribution in [3.63, 3.8) is 0 Å². The largest absolute Gasteiger partial charge is 0.392 e. The molecule has 1 atom stereocenters. The lowest BCUT2D eigenvalue weighted by Gasteiger charge is -1.98. The second-order valence-corrected chi connectivity index (χ2v) is 3.98. The summed E-state index contributed by atoms with van der Waals surface area (Å²) in [6.07, 6.45) is 4.40. The summed E-state index contributed by atoms with van der Waals surface area (Å²) < 4.78 is 5.44. The van der Waals surface area contributed by atoms with Crippen LogP contribution in [-0.4, -0.2) is 23.4 Å². The molecule has 0 amide bonds. The van der Waals surface area contributed by atoms with Crippen LogP contribution in [0.25, 0.3) is 0 Å². The van der Waals surface area contributed by atoms with Crippen molar-refractivity contribution in [1.82, 2.24) is 0 Å². The maximum Gasteiger partial charge on any atom is 0.0892 e. The Morgan fingerprint density at radius 3 is 2.58 bits per heavy atom. The zero-order chi connectivity index (χ0) is 9.19. The minimum absolute atomic E-state index is 0.111. The fourth-order valence-corrected chi connectivity index (χ4v) is 1.36. The monoisotopic (exact) mass is 170 g/mol. The molecule has 1 aliphatic heterocycles. The molecule has 1 aliphatic rings. The zero-order valence-electron chi connectivity index (χ0n) is 8.13. The van der Waals surface area contributed by atoms with E-state index in [-0.39, 0.29) is 12.2 Å². The third kappa shape index (κ3) is 2.61. The van der Waals surface area contributed by atoms with Crippen molar-refractivity contribution in [3.05, 3.63) is 11.6 Å². The van der Waals surface area contributed by atoms with Gasteiger partial charge in [0.2, 0.25) is 0 Å². The van der Waals surface area contributed by atoms with Crippen molar-refractivity contribution < 1.29 is 9.84 Å². The Kier molecular flexibility index (Phi) is 2.91. The lowest BCUT2D eigenvalue weighted by atomic mass is 10.0. The summed E-state index contributed by atoms with van der Waals surface area (Å²) in [5.41, 5.74) is 1.36. The number of rotatable bonds is 4. The van der Waals surface area contributed by atoms with E-state index in [1.165, 1.54) is 5.57 Å². The Morgan fingerprint density at radius 1 is 1.58 bits per heavy atom. The lowest BCUT2D eigenvalue weighted by molar-refractivity contribution is 0.319. The molecule has 0 aliphatic carbocycles. The maximum atomic E-state index is 8.61. The molecule has 2 nitrogen and oxygen atoms in total. The molecule has 0 spiro atoms. The molecule has 1 heterocycles. The molecule has 1 N–H and O–H groups in total. The van der Waals surface area contributed by atoms with Gasteiger partial charge >= 0.3 is 0 Å². The molecule has 0 aromatic heterocycles. The van der Waals surface area contributed by atoms with Gasteiger partial charge in [-0.3, -0.25) is 0 Å². The molecule has 0 aromatic rings. The summed E-state index contributed by atoms with van der Waals surface area (Å²) in [6, 6.07) is 0. The molecule has 0 aromatic carbocycles. The van der Waals surface area contributed by atoms with Crippen LogP contribution in [0.2, 0.25) is 0 Å². The maximum absolute atomic E-state index is 8.61. The molecule has 70 valence electrons. The summed E-state index contributed by atoms with van der Waals surface area (Å²) in [4.78, 5) is 0. The molecule has 12 heavy (non-hydrogen) atoms. The first-order valence-electron chi connectivity index (χ1n) is 4.50. The molecule has 0 unspecified atom stereocenters. The third-order valence-corrected chi connectivity index (χ3v) is 2.40. The van der Waals surface area contributed by atoms with Crippen molar-refractivity contribution in [2.75, 3.05) is 6.61 Å². The van der Waals surface area contributed by atoms with Crippen molar-refractivity contribution in [3.8, 4) is 0 Å². The van der Waals surface area contributed by atoms with Gasteiger partial charge in [0.15, 0.2) is 0 Å². The van der Waals surface area contributed by atoms with E-state index in [0.29, 0.717) is 6.10 Å². The van der Waals surface area contributed by atoms with Crippen molar-refractivity contribution in [2.45, 2.75) is 45.3 Å². The summed E-state index contributed by atoms with van der Waals surface area (Å²) >= 11 is 0. The van der Waals surface area contributed by atoms with Gasteiger partial charge in [0.05, 0.1) is 18.3 Å². The second-order valence-electron chi connectivity index (χ2n) is 3.98. The number of allylic oxidation sites excluding steroid dienone is 1. The van der Waals surface area contributed by atoms with Crippen LogP contribution in [0.1, 0.15) is 33.6 Å². The Bertz CT molecular complexity index is 182. The minimum atomic E-state index is 0.111. The Morgan fingerprint density at radius 2 is 2.17 bits per heavy atom. The number of aliphatic hydroxyl groups excluding tert-OH is 1. The Labute approximate surface area is 74.2 Å². The number of hydrogen-bond acceptors (Lipinski definition) is 2. The molecule has 1 saturated heterocycles. The van der Waals surface area contributed by atoms with Crippen LogP contribution in [0, 0.1) is 0 Å². The Hall–Kier alpha value is -0.340. The number of ether oxygens (including phenoxy) is 1. The zero-order valence-corrected chi connectivity index (χ0v) is 8.13. The van der Waals surface area contributed by atoms with Gasteiger partial charge in [-0.05, 0) is 33.6 Å². The van der Waals surface area contributed by atoms with E-state index in [1.54, 1.807) is 0 Å². The average molecular weight is 170 g/mol. The quantitative estimate of drug-likeness (QED) is 0.516. The van der Waals surface area contributed by atoms with Gasteiger partial charge < -0.3 is 9.84 Å². The van der Waals surface area contributed by atoms with Crippen LogP contribution in [0.3, 0.4) is 0 Å². The van der Waals surface area contributed by atoms with Gasteiger partial charge in [0.1, 0.15) is 0 Å². The van der Waals surface area contributed by atoms with Crippen LogP contribution in [0.5, 0.6) is 0 Å². The van der Waals surface area contributed by atoms with Gasteiger partial charge in [-0.25, -0.2) is 0 Å². The fraction of sp³-hybridized carbons (Fsp3) is 0.800. The van der Waals surface area contributed by atoms with E-state index in [9.17, 15) is 0 Å². The van der Waals surface area contributed by atoms with Gasteiger partial charge in [-0.15, -0.1) is 0 Å². The van der Waals surface area contributed by atoms with E-state index >= 15 is 0 Å². The van der Waals surface area contributed by atoms with Gasteiger partial charge in [0, 0.05) is 0 Å². The highest BCUT2D eigenvalue weighted by Crippen LogP contribution is 2.38. The predicted molar refractivity (Wildman–Crippen MR) is 49.0 cm³/mol. The predicted octanol–water partition coefficient (Wildman–Crippen LogP) is 1.88. The summed E-state index contributed by atoms with van der Waals surface area (Å²) in [5, 5.41) is 8.61. The van der Waals surface area contributed by atoms with E-state index in [4.69, 9.17) is 9.84 Å². The summed E-state index contributed by atoms with van der Waals surface area (Å²) in [6.45, 7) is 6.43. The molecular weight excluding hydrogens is 152 g/mol. The van der Waals surface area contributed by atoms with Crippen LogP contribution in [0.15, 0.2) is 11.6 Å². The summed E-state index contributed by atoms with van der Waals surface area (Å²) in [7, 11) is 0. The van der Waals surface area contributed by atoms with Crippen molar-refractivity contribution in [2.24, 2.45) is 0 Å². The first-order chi connectivity index (χ1) is 5.56. The van der Waals surface area contributed by atoms with E-state index < -0.39 is 0 Å². The standard InChI is InChI=1S/C10H18O2/c1-8(6-7-11)4-5-9-10(2,3)12-9/h6,9,11H,4-5,7H2,1-3H3/b8-6-/t9-/m1/s1. The van der Waals surface area contributed by atoms with E-state index in [1.807, 2.05) is 13.0 Å². The van der Waals surface area contributed by atoms with Crippen molar-refractivity contribution in [1.29, 1.82) is 0 Å². The van der Waals surface area contributed by atoms with Crippen LogP contribution in [-0.2, 0) is 4.74 Å². The minimum Gasteiger partial charge on any atom is -0.392 e. The fourth-order valence-electron chi connectivity index (χ4n) is 1.36. The molecule has 0 saturated carbocycles. The third-order valence-electron chi connectivity index (χ3n) is 2.40. The smallest absolute Gasteiger partial charge is 0.0892 e. The number of aliphatic hydroxyl groups is 1.